The lowest BCUT2D eigenvalue weighted by Crippen LogP contribution is -2.16. The number of rotatable bonds is 4. The molecule has 1 N–H and O–H groups in total. The Labute approximate surface area is 83.3 Å². The minimum atomic E-state index is -0.237. The van der Waals surface area contributed by atoms with Crippen molar-refractivity contribution in [1.82, 2.24) is 10.2 Å². The molecule has 1 heterocycles. The highest BCUT2D eigenvalue weighted by atomic mass is 16.5. The van der Waals surface area contributed by atoms with Gasteiger partial charge in [-0.25, -0.2) is 5.10 Å². The maximum atomic E-state index is 10.9. The van der Waals surface area contributed by atoms with Crippen molar-refractivity contribution >= 4 is 0 Å². The highest BCUT2D eigenvalue weighted by Crippen LogP contribution is 2.12. The molecule has 0 amide bonds. The molecule has 0 saturated heterocycles. The molecule has 0 bridgehead atoms. The molecule has 0 saturated carbocycles. The summed E-state index contributed by atoms with van der Waals surface area (Å²) >= 11 is 0. The van der Waals surface area contributed by atoms with Gasteiger partial charge in [0.2, 0.25) is 0 Å². The van der Waals surface area contributed by atoms with E-state index in [0.29, 0.717) is 11.7 Å². The minimum absolute atomic E-state index is 0.110. The molecule has 0 aliphatic rings. The Morgan fingerprint density at radius 2 is 2.21 bits per heavy atom. The van der Waals surface area contributed by atoms with Crippen LogP contribution in [-0.2, 0) is 0 Å². The van der Waals surface area contributed by atoms with Gasteiger partial charge < -0.3 is 4.74 Å². The first-order valence-corrected chi connectivity index (χ1v) is 4.79. The van der Waals surface area contributed by atoms with Gasteiger partial charge in [-0.15, -0.1) is 0 Å². The first-order valence-electron chi connectivity index (χ1n) is 4.79. The molecule has 0 radical (unpaired) electrons. The van der Waals surface area contributed by atoms with E-state index in [0.717, 1.165) is 6.42 Å². The summed E-state index contributed by atoms with van der Waals surface area (Å²) in [6.45, 7) is 6.26. The van der Waals surface area contributed by atoms with Gasteiger partial charge in [0.15, 0.2) is 0 Å². The fraction of sp³-hybridized carbons (Fsp3) is 0.600. The second-order valence-corrected chi connectivity index (χ2v) is 3.84. The van der Waals surface area contributed by atoms with Gasteiger partial charge in [-0.05, 0) is 19.3 Å². The summed E-state index contributed by atoms with van der Waals surface area (Å²) in [4.78, 5) is 10.9. The summed E-state index contributed by atoms with van der Waals surface area (Å²) in [5, 5.41) is 5.95. The Kier molecular flexibility index (Phi) is 3.68. The lowest BCUT2D eigenvalue weighted by molar-refractivity contribution is 0.192. The summed E-state index contributed by atoms with van der Waals surface area (Å²) in [6, 6.07) is 1.41. The Morgan fingerprint density at radius 1 is 1.50 bits per heavy atom. The van der Waals surface area contributed by atoms with Crippen LogP contribution in [0.25, 0.3) is 0 Å². The highest BCUT2D eigenvalue weighted by molar-refractivity contribution is 5.13. The minimum Gasteiger partial charge on any atom is -0.489 e. The van der Waals surface area contributed by atoms with Gasteiger partial charge in [0.05, 0.1) is 12.3 Å². The van der Waals surface area contributed by atoms with Gasteiger partial charge in [0.25, 0.3) is 5.56 Å². The fourth-order valence-corrected chi connectivity index (χ4v) is 1.37. The lowest BCUT2D eigenvalue weighted by atomic mass is 10.1. The van der Waals surface area contributed by atoms with Gasteiger partial charge in [0, 0.05) is 6.07 Å². The fourth-order valence-electron chi connectivity index (χ4n) is 1.37. The number of ether oxygens (including phenoxy) is 1. The molecule has 4 nitrogen and oxygen atoms in total. The SMILES string of the molecule is CC(C)CC(C)Oc1cn[nH]c(=O)c1. The largest absolute Gasteiger partial charge is 0.489 e. The molecule has 1 unspecified atom stereocenters. The average Bonchev–Trinajstić information content (AvgIpc) is 2.01. The number of hydrogen-bond donors (Lipinski definition) is 1. The monoisotopic (exact) mass is 196 g/mol. The van der Waals surface area contributed by atoms with Crippen LogP contribution in [0.15, 0.2) is 17.1 Å². The van der Waals surface area contributed by atoms with Gasteiger partial charge in [0.1, 0.15) is 5.75 Å². The number of nitrogens with one attached hydrogen (secondary N) is 1. The third-order valence-corrected chi connectivity index (χ3v) is 1.78. The highest BCUT2D eigenvalue weighted by Gasteiger charge is 2.06. The third kappa shape index (κ3) is 3.60. The maximum absolute atomic E-state index is 10.9. The van der Waals surface area contributed by atoms with Gasteiger partial charge in [-0.2, -0.15) is 5.10 Å². The van der Waals surface area contributed by atoms with Crippen LogP contribution in [0.4, 0.5) is 0 Å². The summed E-state index contributed by atoms with van der Waals surface area (Å²) < 4.78 is 5.52. The topological polar surface area (TPSA) is 55.0 Å². The third-order valence-electron chi connectivity index (χ3n) is 1.78. The standard InChI is InChI=1S/C10H16N2O2/c1-7(2)4-8(3)14-9-5-10(13)12-11-6-9/h5-8H,4H2,1-3H3,(H,12,13). The number of hydrogen-bond acceptors (Lipinski definition) is 3. The van der Waals surface area contributed by atoms with E-state index in [4.69, 9.17) is 4.74 Å². The average molecular weight is 196 g/mol. The first kappa shape index (κ1) is 10.8. The van der Waals surface area contributed by atoms with Crippen molar-refractivity contribution in [3.8, 4) is 5.75 Å². The molecule has 14 heavy (non-hydrogen) atoms. The molecular formula is C10H16N2O2. The zero-order chi connectivity index (χ0) is 10.6. The van der Waals surface area contributed by atoms with Crippen LogP contribution in [0.1, 0.15) is 27.2 Å². The molecule has 0 aliphatic carbocycles. The van der Waals surface area contributed by atoms with E-state index in [1.165, 1.54) is 12.3 Å². The van der Waals surface area contributed by atoms with E-state index in [-0.39, 0.29) is 11.7 Å². The zero-order valence-electron chi connectivity index (χ0n) is 8.78. The van der Waals surface area contributed by atoms with Gasteiger partial charge >= 0.3 is 0 Å². The van der Waals surface area contributed by atoms with Crippen LogP contribution in [0.3, 0.4) is 0 Å². The predicted molar refractivity (Wildman–Crippen MR) is 54.4 cm³/mol. The van der Waals surface area contributed by atoms with Crippen LogP contribution in [0.5, 0.6) is 5.75 Å². The molecule has 1 aromatic heterocycles. The molecule has 0 aromatic carbocycles. The Morgan fingerprint density at radius 3 is 2.79 bits per heavy atom. The van der Waals surface area contributed by atoms with Crippen LogP contribution in [-0.4, -0.2) is 16.3 Å². The predicted octanol–water partition coefficient (Wildman–Crippen LogP) is 1.58. The molecule has 1 aromatic rings. The first-order chi connectivity index (χ1) is 6.58. The van der Waals surface area contributed by atoms with E-state index in [1.807, 2.05) is 6.92 Å². The molecule has 1 atom stereocenters. The van der Waals surface area contributed by atoms with Crippen LogP contribution < -0.4 is 10.3 Å². The van der Waals surface area contributed by atoms with E-state index in [2.05, 4.69) is 24.0 Å². The van der Waals surface area contributed by atoms with Gasteiger partial charge in [-0.3, -0.25) is 4.79 Å². The molecule has 1 rings (SSSR count). The molecule has 0 spiro atoms. The Hall–Kier alpha value is -1.32. The molecule has 0 fully saturated rings. The Bertz CT molecular complexity index is 333. The summed E-state index contributed by atoms with van der Waals surface area (Å²) in [5.74, 6) is 1.11. The lowest BCUT2D eigenvalue weighted by Gasteiger charge is -2.15. The number of aromatic amines is 1. The van der Waals surface area contributed by atoms with Crippen molar-refractivity contribution in [3.05, 3.63) is 22.6 Å². The molecule has 0 aliphatic heterocycles. The van der Waals surface area contributed by atoms with Crippen molar-refractivity contribution < 1.29 is 4.74 Å². The maximum Gasteiger partial charge on any atom is 0.267 e. The quantitative estimate of drug-likeness (QED) is 0.795. The van der Waals surface area contributed by atoms with E-state index >= 15 is 0 Å². The molecule has 78 valence electrons. The number of H-pyrrole nitrogens is 1. The summed E-state index contributed by atoms with van der Waals surface area (Å²) in [5.41, 5.74) is -0.237. The smallest absolute Gasteiger partial charge is 0.267 e. The molecular weight excluding hydrogens is 180 g/mol. The number of aromatic nitrogens is 2. The normalized spacial score (nSPS) is 12.9. The van der Waals surface area contributed by atoms with Crippen molar-refractivity contribution in [2.24, 2.45) is 5.92 Å². The summed E-state index contributed by atoms with van der Waals surface area (Å²) in [6.07, 6.45) is 2.59. The molecule has 4 heteroatoms. The van der Waals surface area contributed by atoms with E-state index < -0.39 is 0 Å². The van der Waals surface area contributed by atoms with Crippen LogP contribution >= 0.6 is 0 Å². The second kappa shape index (κ2) is 4.79. The van der Waals surface area contributed by atoms with Crippen LogP contribution in [0.2, 0.25) is 0 Å². The van der Waals surface area contributed by atoms with Crippen molar-refractivity contribution in [2.45, 2.75) is 33.3 Å². The van der Waals surface area contributed by atoms with Crippen LogP contribution in [0, 0.1) is 5.92 Å². The van der Waals surface area contributed by atoms with Gasteiger partial charge in [-0.1, -0.05) is 13.8 Å². The number of nitrogens with zero attached hydrogens (tertiary/aromatic N) is 1. The summed E-state index contributed by atoms with van der Waals surface area (Å²) in [7, 11) is 0. The van der Waals surface area contributed by atoms with Crippen molar-refractivity contribution in [1.29, 1.82) is 0 Å². The second-order valence-electron chi connectivity index (χ2n) is 3.84. The van der Waals surface area contributed by atoms with Crippen molar-refractivity contribution in [3.63, 3.8) is 0 Å². The zero-order valence-corrected chi connectivity index (χ0v) is 8.78. The Balaban J connectivity index is 2.56. The van der Waals surface area contributed by atoms with E-state index in [1.54, 1.807) is 0 Å². The van der Waals surface area contributed by atoms with Crippen molar-refractivity contribution in [2.75, 3.05) is 0 Å². The van der Waals surface area contributed by atoms with E-state index in [9.17, 15) is 4.79 Å².